The second-order valence-corrected chi connectivity index (χ2v) is 5.83. The molecule has 2 N–H and O–H groups in total. The van der Waals surface area contributed by atoms with Crippen molar-refractivity contribution < 1.29 is 28.9 Å². The molecule has 0 saturated carbocycles. The fourth-order valence-electron chi connectivity index (χ4n) is 2.97. The van der Waals surface area contributed by atoms with E-state index in [1.807, 2.05) is 0 Å². The van der Waals surface area contributed by atoms with Gasteiger partial charge in [-0.2, -0.15) is 0 Å². The molecule has 1 atom stereocenters. The van der Waals surface area contributed by atoms with E-state index in [2.05, 4.69) is 5.32 Å². The summed E-state index contributed by atoms with van der Waals surface area (Å²) in [5.41, 5.74) is 0.852. The predicted octanol–water partition coefficient (Wildman–Crippen LogP) is 2.42. The molecule has 3 rings (SSSR count). The Kier molecular flexibility index (Phi) is 5.03. The van der Waals surface area contributed by atoms with Crippen molar-refractivity contribution in [2.24, 2.45) is 0 Å². The van der Waals surface area contributed by atoms with Crippen LogP contribution in [0.3, 0.4) is 0 Å². The van der Waals surface area contributed by atoms with Crippen LogP contribution in [-0.4, -0.2) is 38.1 Å². The SMILES string of the molecule is COc1ccc(C(O)=C2C(=O)C(=O)N[C@@H]2c2cc(OC)ccc2OC)cc1. The van der Waals surface area contributed by atoms with E-state index in [0.717, 1.165) is 0 Å². The molecule has 1 saturated heterocycles. The molecule has 0 radical (unpaired) electrons. The summed E-state index contributed by atoms with van der Waals surface area (Å²) in [6.45, 7) is 0. The van der Waals surface area contributed by atoms with E-state index >= 15 is 0 Å². The van der Waals surface area contributed by atoms with Crippen LogP contribution in [0.4, 0.5) is 0 Å². The van der Waals surface area contributed by atoms with Crippen molar-refractivity contribution in [2.75, 3.05) is 21.3 Å². The number of ether oxygens (including phenoxy) is 3. The number of nitrogens with one attached hydrogen (secondary N) is 1. The molecule has 1 aliphatic heterocycles. The maximum Gasteiger partial charge on any atom is 0.293 e. The monoisotopic (exact) mass is 369 g/mol. The van der Waals surface area contributed by atoms with Gasteiger partial charge >= 0.3 is 0 Å². The first kappa shape index (κ1) is 18.3. The topological polar surface area (TPSA) is 94.1 Å². The normalized spacial score (nSPS) is 18.1. The molecule has 0 aromatic heterocycles. The summed E-state index contributed by atoms with van der Waals surface area (Å²) < 4.78 is 15.7. The van der Waals surface area contributed by atoms with Crippen LogP contribution >= 0.6 is 0 Å². The van der Waals surface area contributed by atoms with Crippen LogP contribution < -0.4 is 19.5 Å². The van der Waals surface area contributed by atoms with E-state index < -0.39 is 17.7 Å². The van der Waals surface area contributed by atoms with Gasteiger partial charge in [-0.25, -0.2) is 0 Å². The lowest BCUT2D eigenvalue weighted by Crippen LogP contribution is -2.21. The first-order valence-electron chi connectivity index (χ1n) is 8.14. The van der Waals surface area contributed by atoms with Gasteiger partial charge in [0.2, 0.25) is 0 Å². The molecule has 1 fully saturated rings. The summed E-state index contributed by atoms with van der Waals surface area (Å²) in [4.78, 5) is 24.5. The third-order valence-corrected chi connectivity index (χ3v) is 4.38. The number of carbonyl (C=O) groups excluding carboxylic acids is 2. The molecule has 0 bridgehead atoms. The minimum absolute atomic E-state index is 0.0447. The zero-order valence-corrected chi connectivity index (χ0v) is 15.1. The summed E-state index contributed by atoms with van der Waals surface area (Å²) in [5, 5.41) is 13.4. The van der Waals surface area contributed by atoms with Crippen LogP contribution in [0.15, 0.2) is 48.0 Å². The van der Waals surface area contributed by atoms with Gasteiger partial charge in [-0.3, -0.25) is 9.59 Å². The Bertz CT molecular complexity index is 917. The molecule has 2 aromatic carbocycles. The molecular formula is C20H19NO6. The second kappa shape index (κ2) is 7.41. The van der Waals surface area contributed by atoms with Crippen LogP contribution in [0, 0.1) is 0 Å². The van der Waals surface area contributed by atoms with Crippen molar-refractivity contribution in [3.8, 4) is 17.2 Å². The van der Waals surface area contributed by atoms with Gasteiger partial charge in [0.05, 0.1) is 32.9 Å². The standard InChI is InChI=1S/C20H19NO6/c1-25-12-6-4-11(5-7-12)18(22)16-17(21-20(24)19(16)23)14-10-13(26-2)8-9-15(14)27-3/h4-10,17,22H,1-3H3,(H,21,24)/t17-/m1/s1. The maximum absolute atomic E-state index is 12.5. The third kappa shape index (κ3) is 3.31. The Balaban J connectivity index is 2.14. The number of aliphatic hydroxyl groups is 1. The Hall–Kier alpha value is -3.48. The summed E-state index contributed by atoms with van der Waals surface area (Å²) >= 11 is 0. The predicted molar refractivity (Wildman–Crippen MR) is 98.0 cm³/mol. The van der Waals surface area contributed by atoms with Crippen LogP contribution in [-0.2, 0) is 9.59 Å². The molecule has 1 heterocycles. The van der Waals surface area contributed by atoms with Crippen LogP contribution in [0.5, 0.6) is 17.2 Å². The van der Waals surface area contributed by atoms with Crippen molar-refractivity contribution in [3.63, 3.8) is 0 Å². The number of methoxy groups -OCH3 is 3. The van der Waals surface area contributed by atoms with Crippen molar-refractivity contribution in [1.29, 1.82) is 0 Å². The van der Waals surface area contributed by atoms with Crippen LogP contribution in [0.25, 0.3) is 5.76 Å². The number of amides is 1. The average Bonchev–Trinajstić information content (AvgIpc) is 3.01. The van der Waals surface area contributed by atoms with E-state index in [4.69, 9.17) is 14.2 Å². The smallest absolute Gasteiger partial charge is 0.293 e. The zero-order chi connectivity index (χ0) is 19.6. The van der Waals surface area contributed by atoms with Crippen LogP contribution in [0.2, 0.25) is 0 Å². The van der Waals surface area contributed by atoms with E-state index in [0.29, 0.717) is 28.4 Å². The third-order valence-electron chi connectivity index (χ3n) is 4.38. The number of hydrogen-bond acceptors (Lipinski definition) is 6. The Morgan fingerprint density at radius 2 is 1.56 bits per heavy atom. The Morgan fingerprint density at radius 1 is 0.926 bits per heavy atom. The Labute approximate surface area is 156 Å². The van der Waals surface area contributed by atoms with Gasteiger partial charge in [-0.05, 0) is 42.5 Å². The lowest BCUT2D eigenvalue weighted by molar-refractivity contribution is -0.133. The first-order valence-corrected chi connectivity index (χ1v) is 8.14. The number of hydrogen-bond donors (Lipinski definition) is 2. The van der Waals surface area contributed by atoms with E-state index in [-0.39, 0.29) is 11.3 Å². The number of rotatable bonds is 5. The van der Waals surface area contributed by atoms with Gasteiger partial charge in [0, 0.05) is 11.1 Å². The highest BCUT2D eigenvalue weighted by molar-refractivity contribution is 6.46. The summed E-state index contributed by atoms with van der Waals surface area (Å²) in [5.74, 6) is -0.276. The van der Waals surface area contributed by atoms with E-state index in [9.17, 15) is 14.7 Å². The number of Topliss-reactive ketones (excluding diaryl/α,β-unsaturated/α-hetero) is 1. The minimum Gasteiger partial charge on any atom is -0.507 e. The minimum atomic E-state index is -0.864. The molecule has 1 aliphatic rings. The van der Waals surface area contributed by atoms with Gasteiger partial charge in [0.25, 0.3) is 11.7 Å². The summed E-state index contributed by atoms with van der Waals surface area (Å²) in [6, 6.07) is 10.7. The highest BCUT2D eigenvalue weighted by Gasteiger charge is 2.41. The van der Waals surface area contributed by atoms with E-state index in [1.165, 1.54) is 21.3 Å². The molecule has 1 amide bonds. The molecule has 0 spiro atoms. The first-order chi connectivity index (χ1) is 13.0. The van der Waals surface area contributed by atoms with Crippen molar-refractivity contribution in [1.82, 2.24) is 5.32 Å². The lowest BCUT2D eigenvalue weighted by Gasteiger charge is -2.18. The van der Waals surface area contributed by atoms with Gasteiger partial charge < -0.3 is 24.6 Å². The van der Waals surface area contributed by atoms with Gasteiger partial charge in [0.1, 0.15) is 23.0 Å². The fourth-order valence-corrected chi connectivity index (χ4v) is 2.97. The average molecular weight is 369 g/mol. The molecule has 7 nitrogen and oxygen atoms in total. The van der Waals surface area contributed by atoms with Gasteiger partial charge in [-0.15, -0.1) is 0 Å². The molecular weight excluding hydrogens is 350 g/mol. The quantitative estimate of drug-likeness (QED) is 0.478. The number of aliphatic hydroxyl groups excluding tert-OH is 1. The van der Waals surface area contributed by atoms with Crippen LogP contribution in [0.1, 0.15) is 17.2 Å². The van der Waals surface area contributed by atoms with Crippen molar-refractivity contribution in [2.45, 2.75) is 6.04 Å². The highest BCUT2D eigenvalue weighted by atomic mass is 16.5. The fraction of sp³-hybridized carbons (Fsp3) is 0.200. The molecule has 0 aliphatic carbocycles. The molecule has 0 unspecified atom stereocenters. The number of carbonyl (C=O) groups is 2. The molecule has 140 valence electrons. The number of benzene rings is 2. The van der Waals surface area contributed by atoms with Crippen molar-refractivity contribution >= 4 is 17.4 Å². The molecule has 27 heavy (non-hydrogen) atoms. The maximum atomic E-state index is 12.5. The lowest BCUT2D eigenvalue weighted by atomic mass is 9.95. The molecule has 2 aromatic rings. The largest absolute Gasteiger partial charge is 0.507 e. The van der Waals surface area contributed by atoms with E-state index in [1.54, 1.807) is 42.5 Å². The highest BCUT2D eigenvalue weighted by Crippen LogP contribution is 2.38. The molecule has 7 heteroatoms. The second-order valence-electron chi connectivity index (χ2n) is 5.83. The summed E-state index contributed by atoms with van der Waals surface area (Å²) in [7, 11) is 4.52. The number of ketones is 1. The zero-order valence-electron chi connectivity index (χ0n) is 15.1. The van der Waals surface area contributed by atoms with Gasteiger partial charge in [-0.1, -0.05) is 0 Å². The van der Waals surface area contributed by atoms with Crippen molar-refractivity contribution in [3.05, 3.63) is 59.2 Å². The Morgan fingerprint density at radius 3 is 2.15 bits per heavy atom. The summed E-state index contributed by atoms with van der Waals surface area (Å²) in [6.07, 6.45) is 0. The van der Waals surface area contributed by atoms with Gasteiger partial charge in [0.15, 0.2) is 0 Å².